The van der Waals surface area contributed by atoms with Crippen LogP contribution in [0.4, 0.5) is 5.69 Å². The van der Waals surface area contributed by atoms with E-state index in [2.05, 4.69) is 27.1 Å². The number of guanidine groups is 1. The van der Waals surface area contributed by atoms with Crippen LogP contribution in [-0.4, -0.2) is 42.0 Å². The third-order valence-corrected chi connectivity index (χ3v) is 4.90. The number of nitrogens with one attached hydrogen (secondary N) is 2. The molecule has 2 aromatic rings. The molecule has 1 unspecified atom stereocenters. The maximum Gasteiger partial charge on any atom is 0.269 e. The summed E-state index contributed by atoms with van der Waals surface area (Å²) in [6, 6.07) is 10.5. The fourth-order valence-corrected chi connectivity index (χ4v) is 3.37. The van der Waals surface area contributed by atoms with Gasteiger partial charge in [-0.15, -0.1) is 6.58 Å². The van der Waals surface area contributed by atoms with Gasteiger partial charge in [-0.25, -0.2) is 4.99 Å². The highest BCUT2D eigenvalue weighted by Gasteiger charge is 2.25. The van der Waals surface area contributed by atoms with Gasteiger partial charge in [0.1, 0.15) is 5.76 Å². The molecule has 0 radical (unpaired) electrons. The van der Waals surface area contributed by atoms with Crippen LogP contribution in [0, 0.1) is 10.1 Å². The maximum absolute atomic E-state index is 10.8. The van der Waals surface area contributed by atoms with Crippen LogP contribution < -0.4 is 10.6 Å². The van der Waals surface area contributed by atoms with Crippen LogP contribution in [0.5, 0.6) is 0 Å². The lowest BCUT2D eigenvalue weighted by atomic mass is 10.2. The molecule has 1 aromatic carbocycles. The van der Waals surface area contributed by atoms with Crippen molar-refractivity contribution >= 4 is 11.6 Å². The van der Waals surface area contributed by atoms with Crippen molar-refractivity contribution < 1.29 is 9.34 Å². The molecule has 154 valence electrons. The highest BCUT2D eigenvalue weighted by Crippen LogP contribution is 2.24. The molecule has 8 nitrogen and oxygen atoms in total. The Kier molecular flexibility index (Phi) is 7.40. The average Bonchev–Trinajstić information content (AvgIpc) is 3.44. The SMILES string of the molecule is C=CCNC(=NCc1ccc([N+](=O)[O-])cc1)NCC(c1ccco1)N1CCCC1. The summed E-state index contributed by atoms with van der Waals surface area (Å²) < 4.78 is 5.67. The Balaban J connectivity index is 1.66. The number of nitro groups is 1. The second-order valence-corrected chi connectivity index (χ2v) is 6.91. The number of nitro benzene ring substituents is 1. The fourth-order valence-electron chi connectivity index (χ4n) is 3.37. The third kappa shape index (κ3) is 5.92. The van der Waals surface area contributed by atoms with Crippen molar-refractivity contribution in [2.24, 2.45) is 4.99 Å². The Labute approximate surface area is 170 Å². The molecule has 1 saturated heterocycles. The minimum Gasteiger partial charge on any atom is -0.468 e. The zero-order valence-electron chi connectivity index (χ0n) is 16.4. The topological polar surface area (TPSA) is 95.9 Å². The molecule has 0 spiro atoms. The number of likely N-dealkylation sites (tertiary alicyclic amines) is 1. The standard InChI is InChI=1S/C21H27N5O3/c1-2-11-22-21(23-15-17-7-9-18(10-8-17)26(27)28)24-16-19(20-6-5-14-29-20)25-12-3-4-13-25/h2,5-10,14,19H,1,3-4,11-13,15-16H2,(H2,22,23,24). The van der Waals surface area contributed by atoms with E-state index in [9.17, 15) is 10.1 Å². The zero-order chi connectivity index (χ0) is 20.5. The minimum atomic E-state index is -0.404. The van der Waals surface area contributed by atoms with Crippen LogP contribution in [0.15, 0.2) is 64.7 Å². The molecule has 29 heavy (non-hydrogen) atoms. The number of hydrogen-bond donors (Lipinski definition) is 2. The van der Waals surface area contributed by atoms with E-state index in [1.165, 1.54) is 25.0 Å². The molecule has 0 bridgehead atoms. The summed E-state index contributed by atoms with van der Waals surface area (Å²) in [5.41, 5.74) is 0.977. The Morgan fingerprint density at radius 1 is 1.28 bits per heavy atom. The van der Waals surface area contributed by atoms with Gasteiger partial charge in [0.25, 0.3) is 5.69 Å². The fraction of sp³-hybridized carbons (Fsp3) is 0.381. The lowest BCUT2D eigenvalue weighted by Gasteiger charge is -2.26. The molecule has 0 amide bonds. The molecular formula is C21H27N5O3. The summed E-state index contributed by atoms with van der Waals surface area (Å²) in [5.74, 6) is 1.61. The van der Waals surface area contributed by atoms with Crippen LogP contribution >= 0.6 is 0 Å². The molecule has 1 aromatic heterocycles. The first-order chi connectivity index (χ1) is 14.2. The number of non-ortho nitro benzene ring substituents is 1. The summed E-state index contributed by atoms with van der Waals surface area (Å²) in [6.45, 7) is 7.52. The second kappa shape index (κ2) is 10.4. The highest BCUT2D eigenvalue weighted by atomic mass is 16.6. The number of hydrogen-bond acceptors (Lipinski definition) is 5. The maximum atomic E-state index is 10.8. The average molecular weight is 397 g/mol. The van der Waals surface area contributed by atoms with Crippen molar-refractivity contribution in [1.82, 2.24) is 15.5 Å². The lowest BCUT2D eigenvalue weighted by molar-refractivity contribution is -0.384. The van der Waals surface area contributed by atoms with Crippen molar-refractivity contribution in [3.63, 3.8) is 0 Å². The molecular weight excluding hydrogens is 370 g/mol. The van der Waals surface area contributed by atoms with Gasteiger partial charge < -0.3 is 15.1 Å². The van der Waals surface area contributed by atoms with Gasteiger partial charge in [-0.05, 0) is 43.6 Å². The van der Waals surface area contributed by atoms with E-state index >= 15 is 0 Å². The smallest absolute Gasteiger partial charge is 0.269 e. The van der Waals surface area contributed by atoms with Crippen LogP contribution in [0.3, 0.4) is 0 Å². The highest BCUT2D eigenvalue weighted by molar-refractivity contribution is 5.80. The molecule has 1 aliphatic rings. The van der Waals surface area contributed by atoms with Crippen LogP contribution in [0.25, 0.3) is 0 Å². The third-order valence-electron chi connectivity index (χ3n) is 4.90. The molecule has 8 heteroatoms. The Morgan fingerprint density at radius 3 is 2.66 bits per heavy atom. The number of aliphatic imine (C=N–C) groups is 1. The van der Waals surface area contributed by atoms with Gasteiger partial charge >= 0.3 is 0 Å². The molecule has 1 atom stereocenters. The Bertz CT molecular complexity index is 811. The quantitative estimate of drug-likeness (QED) is 0.222. The molecule has 1 aliphatic heterocycles. The summed E-state index contributed by atoms with van der Waals surface area (Å²) in [6.07, 6.45) is 5.88. The van der Waals surface area contributed by atoms with Crippen LogP contribution in [-0.2, 0) is 6.54 Å². The predicted molar refractivity (Wildman–Crippen MR) is 113 cm³/mol. The van der Waals surface area contributed by atoms with Gasteiger partial charge in [-0.2, -0.15) is 0 Å². The molecule has 0 saturated carbocycles. The first-order valence-corrected chi connectivity index (χ1v) is 9.81. The van der Waals surface area contributed by atoms with Gasteiger partial charge in [0.05, 0.1) is 23.8 Å². The number of nitrogens with zero attached hydrogens (tertiary/aromatic N) is 3. The van der Waals surface area contributed by atoms with Gasteiger partial charge in [-0.1, -0.05) is 18.2 Å². The number of benzene rings is 1. The molecule has 2 N–H and O–H groups in total. The predicted octanol–water partition coefficient (Wildman–Crippen LogP) is 3.25. The van der Waals surface area contributed by atoms with Crippen molar-refractivity contribution in [1.29, 1.82) is 0 Å². The number of furan rings is 1. The van der Waals surface area contributed by atoms with E-state index in [1.54, 1.807) is 24.5 Å². The molecule has 0 aliphatic carbocycles. The van der Waals surface area contributed by atoms with Crippen LogP contribution in [0.2, 0.25) is 0 Å². The monoisotopic (exact) mass is 397 g/mol. The van der Waals surface area contributed by atoms with Crippen molar-refractivity contribution in [3.8, 4) is 0 Å². The first kappa shape index (κ1) is 20.6. The normalized spacial score (nSPS) is 15.8. The van der Waals surface area contributed by atoms with E-state index < -0.39 is 4.92 Å². The zero-order valence-corrected chi connectivity index (χ0v) is 16.4. The van der Waals surface area contributed by atoms with Gasteiger partial charge in [0.15, 0.2) is 5.96 Å². The van der Waals surface area contributed by atoms with E-state index in [-0.39, 0.29) is 11.7 Å². The summed E-state index contributed by atoms with van der Waals surface area (Å²) in [7, 11) is 0. The van der Waals surface area contributed by atoms with E-state index in [1.807, 2.05) is 12.1 Å². The summed E-state index contributed by atoms with van der Waals surface area (Å²) in [5, 5.41) is 17.4. The Morgan fingerprint density at radius 2 is 2.03 bits per heavy atom. The lowest BCUT2D eigenvalue weighted by Crippen LogP contribution is -2.42. The van der Waals surface area contributed by atoms with Crippen molar-refractivity contribution in [2.45, 2.75) is 25.4 Å². The molecule has 1 fully saturated rings. The van der Waals surface area contributed by atoms with Crippen molar-refractivity contribution in [2.75, 3.05) is 26.2 Å². The minimum absolute atomic E-state index is 0.0766. The molecule has 2 heterocycles. The van der Waals surface area contributed by atoms with E-state index in [0.717, 1.165) is 24.4 Å². The van der Waals surface area contributed by atoms with E-state index in [4.69, 9.17) is 4.42 Å². The largest absolute Gasteiger partial charge is 0.468 e. The van der Waals surface area contributed by atoms with Gasteiger partial charge in [0, 0.05) is 25.2 Å². The van der Waals surface area contributed by atoms with Gasteiger partial charge in [0.2, 0.25) is 0 Å². The van der Waals surface area contributed by atoms with E-state index in [0.29, 0.717) is 25.6 Å². The second-order valence-electron chi connectivity index (χ2n) is 6.91. The van der Waals surface area contributed by atoms with Crippen LogP contribution in [0.1, 0.15) is 30.2 Å². The first-order valence-electron chi connectivity index (χ1n) is 9.81. The number of rotatable bonds is 9. The summed E-state index contributed by atoms with van der Waals surface area (Å²) in [4.78, 5) is 17.4. The summed E-state index contributed by atoms with van der Waals surface area (Å²) >= 11 is 0. The molecule has 3 rings (SSSR count). The van der Waals surface area contributed by atoms with Gasteiger partial charge in [-0.3, -0.25) is 15.0 Å². The van der Waals surface area contributed by atoms with Crippen molar-refractivity contribution in [3.05, 3.63) is 76.8 Å². The Hall–Kier alpha value is -3.13.